The van der Waals surface area contributed by atoms with Crippen LogP contribution in [0.15, 0.2) is 18.2 Å². The number of fused-ring (bicyclic) bond motifs is 1. The fraction of sp³-hybridized carbons (Fsp3) is 0.467. The molecule has 1 heterocycles. The first-order valence-electron chi connectivity index (χ1n) is 7.05. The van der Waals surface area contributed by atoms with Crippen LogP contribution < -0.4 is 11.1 Å². The first-order chi connectivity index (χ1) is 9.61. The van der Waals surface area contributed by atoms with Crippen molar-refractivity contribution in [2.75, 3.05) is 5.32 Å². The molecule has 106 valence electrons. The van der Waals surface area contributed by atoms with Gasteiger partial charge in [0.2, 0.25) is 5.91 Å². The molecular weight excluding hydrogens is 270 g/mol. The maximum Gasteiger partial charge on any atom is 0.229 e. The molecule has 20 heavy (non-hydrogen) atoms. The molecule has 1 aromatic carbocycles. The average Bonchev–Trinajstić information content (AvgIpc) is 2.80. The molecule has 0 spiro atoms. The summed E-state index contributed by atoms with van der Waals surface area (Å²) in [5, 5.41) is 3.66. The summed E-state index contributed by atoms with van der Waals surface area (Å²) < 4.78 is 1.12. The number of thiazole rings is 1. The fourth-order valence-electron chi connectivity index (χ4n) is 2.67. The Morgan fingerprint density at radius 3 is 2.85 bits per heavy atom. The van der Waals surface area contributed by atoms with Gasteiger partial charge < -0.3 is 11.1 Å². The lowest BCUT2D eigenvalue weighted by atomic mass is 9.86. The molecule has 1 amide bonds. The van der Waals surface area contributed by atoms with Crippen molar-refractivity contribution >= 4 is 32.6 Å². The van der Waals surface area contributed by atoms with Crippen LogP contribution in [-0.4, -0.2) is 16.9 Å². The van der Waals surface area contributed by atoms with Crippen molar-refractivity contribution in [2.45, 2.75) is 38.6 Å². The summed E-state index contributed by atoms with van der Waals surface area (Å²) in [4.78, 5) is 16.7. The lowest BCUT2D eigenvalue weighted by Gasteiger charge is -2.24. The largest absolute Gasteiger partial charge is 0.328 e. The fourth-order valence-corrected chi connectivity index (χ4v) is 3.64. The highest BCUT2D eigenvalue weighted by Gasteiger charge is 2.25. The van der Waals surface area contributed by atoms with Gasteiger partial charge in [-0.05, 0) is 50.3 Å². The second-order valence-corrected chi connectivity index (χ2v) is 6.62. The molecule has 3 N–H and O–H groups in total. The number of benzene rings is 1. The smallest absolute Gasteiger partial charge is 0.229 e. The van der Waals surface area contributed by atoms with Crippen molar-refractivity contribution in [3.63, 3.8) is 0 Å². The standard InChI is InChI=1S/C15H19N3OS/c1-9-2-7-12-13(8-9)20-15(17-12)18-14(19)10-3-5-11(16)6-4-10/h2,7-8,10-11H,3-6,16H2,1H3,(H,17,18,19). The van der Waals surface area contributed by atoms with Crippen molar-refractivity contribution < 1.29 is 4.79 Å². The first kappa shape index (κ1) is 13.5. The normalized spacial score (nSPS) is 22.9. The van der Waals surface area contributed by atoms with Crippen LogP contribution in [0.2, 0.25) is 0 Å². The van der Waals surface area contributed by atoms with E-state index in [0.29, 0.717) is 5.13 Å². The summed E-state index contributed by atoms with van der Waals surface area (Å²) in [6, 6.07) is 6.40. The van der Waals surface area contributed by atoms with E-state index in [1.54, 1.807) is 0 Å². The van der Waals surface area contributed by atoms with Gasteiger partial charge in [0.1, 0.15) is 0 Å². The number of nitrogens with two attached hydrogens (primary N) is 1. The van der Waals surface area contributed by atoms with Crippen LogP contribution in [-0.2, 0) is 4.79 Å². The highest BCUT2D eigenvalue weighted by molar-refractivity contribution is 7.22. The van der Waals surface area contributed by atoms with E-state index < -0.39 is 0 Å². The van der Waals surface area contributed by atoms with Gasteiger partial charge >= 0.3 is 0 Å². The summed E-state index contributed by atoms with van der Waals surface area (Å²) in [6.07, 6.45) is 3.66. The van der Waals surface area contributed by atoms with Gasteiger partial charge in [0.15, 0.2) is 5.13 Å². The molecule has 0 saturated heterocycles. The Balaban J connectivity index is 1.71. The number of aryl methyl sites for hydroxylation is 1. The molecule has 1 aromatic heterocycles. The average molecular weight is 289 g/mol. The molecule has 1 aliphatic carbocycles. The number of hydrogen-bond acceptors (Lipinski definition) is 4. The van der Waals surface area contributed by atoms with E-state index in [-0.39, 0.29) is 17.9 Å². The Bertz CT molecular complexity index is 629. The van der Waals surface area contributed by atoms with Gasteiger partial charge in [-0.2, -0.15) is 0 Å². The highest BCUT2D eigenvalue weighted by Crippen LogP contribution is 2.29. The van der Waals surface area contributed by atoms with Crippen molar-refractivity contribution in [2.24, 2.45) is 11.7 Å². The minimum absolute atomic E-state index is 0.0866. The van der Waals surface area contributed by atoms with E-state index in [9.17, 15) is 4.79 Å². The maximum atomic E-state index is 12.2. The Morgan fingerprint density at radius 1 is 1.35 bits per heavy atom. The minimum atomic E-state index is 0.0866. The summed E-state index contributed by atoms with van der Waals surface area (Å²) in [5.41, 5.74) is 8.03. The third-order valence-corrected chi connectivity index (χ3v) is 4.85. The maximum absolute atomic E-state index is 12.2. The van der Waals surface area contributed by atoms with Gasteiger partial charge in [-0.25, -0.2) is 4.98 Å². The molecule has 4 nitrogen and oxygen atoms in total. The zero-order valence-electron chi connectivity index (χ0n) is 11.6. The molecule has 0 unspecified atom stereocenters. The van der Waals surface area contributed by atoms with E-state index >= 15 is 0 Å². The van der Waals surface area contributed by atoms with E-state index in [1.807, 2.05) is 12.1 Å². The van der Waals surface area contributed by atoms with Gasteiger partial charge in [-0.15, -0.1) is 0 Å². The van der Waals surface area contributed by atoms with Crippen molar-refractivity contribution in [1.82, 2.24) is 4.98 Å². The number of rotatable bonds is 2. The molecule has 2 aromatic rings. The van der Waals surface area contributed by atoms with Crippen LogP contribution in [0.5, 0.6) is 0 Å². The number of carbonyl (C=O) groups is 1. The zero-order valence-corrected chi connectivity index (χ0v) is 12.4. The molecule has 1 saturated carbocycles. The molecule has 1 aliphatic rings. The predicted molar refractivity (Wildman–Crippen MR) is 82.9 cm³/mol. The summed E-state index contributed by atoms with van der Waals surface area (Å²) in [6.45, 7) is 2.06. The van der Waals surface area contributed by atoms with E-state index in [2.05, 4.69) is 23.3 Å². The molecule has 0 aliphatic heterocycles. The minimum Gasteiger partial charge on any atom is -0.328 e. The Kier molecular flexibility index (Phi) is 3.72. The van der Waals surface area contributed by atoms with Crippen LogP contribution >= 0.6 is 11.3 Å². The Labute approximate surface area is 122 Å². The number of hydrogen-bond donors (Lipinski definition) is 2. The molecule has 5 heteroatoms. The van der Waals surface area contributed by atoms with Crippen LogP contribution in [0.3, 0.4) is 0 Å². The number of carbonyl (C=O) groups excluding carboxylic acids is 1. The highest BCUT2D eigenvalue weighted by atomic mass is 32.1. The van der Waals surface area contributed by atoms with E-state index in [1.165, 1.54) is 16.9 Å². The third-order valence-electron chi connectivity index (χ3n) is 3.92. The summed E-state index contributed by atoms with van der Waals surface area (Å²) in [5.74, 6) is 0.177. The van der Waals surface area contributed by atoms with E-state index in [4.69, 9.17) is 5.73 Å². The van der Waals surface area contributed by atoms with Crippen molar-refractivity contribution in [3.05, 3.63) is 23.8 Å². The van der Waals surface area contributed by atoms with Crippen LogP contribution in [0.1, 0.15) is 31.2 Å². The predicted octanol–water partition coefficient (Wildman–Crippen LogP) is 3.06. The van der Waals surface area contributed by atoms with Gasteiger partial charge in [-0.3, -0.25) is 4.79 Å². The summed E-state index contributed by atoms with van der Waals surface area (Å²) in [7, 11) is 0. The van der Waals surface area contributed by atoms with Crippen LogP contribution in [0.4, 0.5) is 5.13 Å². The number of aromatic nitrogens is 1. The van der Waals surface area contributed by atoms with E-state index in [0.717, 1.165) is 35.9 Å². The number of anilines is 1. The van der Waals surface area contributed by atoms with Crippen LogP contribution in [0.25, 0.3) is 10.2 Å². The van der Waals surface area contributed by atoms with Crippen LogP contribution in [0, 0.1) is 12.8 Å². The van der Waals surface area contributed by atoms with Gasteiger partial charge in [0, 0.05) is 12.0 Å². The Hall–Kier alpha value is -1.46. The molecule has 0 bridgehead atoms. The first-order valence-corrected chi connectivity index (χ1v) is 7.87. The number of amides is 1. The molecule has 1 fully saturated rings. The number of nitrogens with zero attached hydrogens (tertiary/aromatic N) is 1. The van der Waals surface area contributed by atoms with Crippen molar-refractivity contribution in [1.29, 1.82) is 0 Å². The lowest BCUT2D eigenvalue weighted by Crippen LogP contribution is -2.32. The molecule has 0 atom stereocenters. The molecule has 0 radical (unpaired) electrons. The topological polar surface area (TPSA) is 68.0 Å². The van der Waals surface area contributed by atoms with Crippen molar-refractivity contribution in [3.8, 4) is 0 Å². The van der Waals surface area contributed by atoms with Gasteiger partial charge in [0.25, 0.3) is 0 Å². The third kappa shape index (κ3) is 2.83. The lowest BCUT2D eigenvalue weighted by molar-refractivity contribution is -0.120. The second-order valence-electron chi connectivity index (χ2n) is 5.59. The molecular formula is C15H19N3OS. The monoisotopic (exact) mass is 289 g/mol. The SMILES string of the molecule is Cc1ccc2nc(NC(=O)C3CCC(N)CC3)sc2c1. The number of nitrogens with one attached hydrogen (secondary N) is 1. The Morgan fingerprint density at radius 2 is 2.10 bits per heavy atom. The van der Waals surface area contributed by atoms with Gasteiger partial charge in [0.05, 0.1) is 10.2 Å². The summed E-state index contributed by atoms with van der Waals surface area (Å²) >= 11 is 1.54. The van der Waals surface area contributed by atoms with Gasteiger partial charge in [-0.1, -0.05) is 17.4 Å². The zero-order chi connectivity index (χ0) is 14.1. The quantitative estimate of drug-likeness (QED) is 0.892. The molecule has 3 rings (SSSR count). The second kappa shape index (κ2) is 5.50.